The number of hydrogen-bond acceptors (Lipinski definition) is 3. The van der Waals surface area contributed by atoms with Crippen molar-refractivity contribution >= 4 is 22.1 Å². The van der Waals surface area contributed by atoms with Gasteiger partial charge in [0, 0.05) is 12.0 Å². The Labute approximate surface area is 181 Å². The minimum absolute atomic E-state index is 0.0110. The van der Waals surface area contributed by atoms with Crippen LogP contribution in [0.15, 0.2) is 91.6 Å². The Morgan fingerprint density at radius 2 is 1.63 bits per heavy atom. The molecule has 0 unspecified atom stereocenters. The molecule has 1 aliphatic heterocycles. The van der Waals surface area contributed by atoms with Gasteiger partial charge in [0.15, 0.2) is 5.78 Å². The van der Waals surface area contributed by atoms with Crippen molar-refractivity contribution in [1.82, 2.24) is 0 Å². The second kappa shape index (κ2) is 8.16. The van der Waals surface area contributed by atoms with E-state index in [1.165, 1.54) is 11.3 Å². The molecule has 4 heteroatoms. The predicted molar refractivity (Wildman–Crippen MR) is 124 cm³/mol. The first-order valence-corrected chi connectivity index (χ1v) is 10.6. The third-order valence-corrected chi connectivity index (χ3v) is 6.56. The quantitative estimate of drug-likeness (QED) is 0.332. The van der Waals surface area contributed by atoms with Gasteiger partial charge in [-0.1, -0.05) is 79.2 Å². The molecular formula is C26H23N2OS+. The Morgan fingerprint density at radius 3 is 2.27 bits per heavy atom. The normalized spacial score (nSPS) is 17.3. The van der Waals surface area contributed by atoms with Crippen LogP contribution >= 0.6 is 11.3 Å². The zero-order valence-corrected chi connectivity index (χ0v) is 17.5. The van der Waals surface area contributed by atoms with E-state index < -0.39 is 0 Å². The van der Waals surface area contributed by atoms with Crippen molar-refractivity contribution < 1.29 is 9.28 Å². The van der Waals surface area contributed by atoms with Crippen molar-refractivity contribution in [2.24, 2.45) is 0 Å². The Morgan fingerprint density at radius 1 is 1.00 bits per heavy atom. The van der Waals surface area contributed by atoms with Crippen LogP contribution < -0.4 is 5.73 Å². The lowest BCUT2D eigenvalue weighted by Crippen LogP contribution is -2.41. The molecule has 1 aromatic heterocycles. The zero-order chi connectivity index (χ0) is 21.1. The van der Waals surface area contributed by atoms with E-state index in [-0.39, 0.29) is 5.78 Å². The van der Waals surface area contributed by atoms with E-state index >= 15 is 0 Å². The van der Waals surface area contributed by atoms with Gasteiger partial charge in [0.25, 0.3) is 0 Å². The molecule has 0 fully saturated rings. The van der Waals surface area contributed by atoms with E-state index in [2.05, 4.69) is 36.8 Å². The molecule has 3 nitrogen and oxygen atoms in total. The first-order chi connectivity index (χ1) is 14.6. The minimum atomic E-state index is -0.0110. The van der Waals surface area contributed by atoms with E-state index in [0.717, 1.165) is 34.5 Å². The fraction of sp³-hybridized carbons (Fsp3) is 0.115. The summed E-state index contributed by atoms with van der Waals surface area (Å²) >= 11 is 1.50. The largest absolute Gasteiger partial charge is 0.390 e. The van der Waals surface area contributed by atoms with E-state index in [1.807, 2.05) is 54.9 Å². The number of fused-ring (bicyclic) bond motifs is 1. The Balaban J connectivity index is 1.66. The van der Waals surface area contributed by atoms with Crippen LogP contribution in [0, 0.1) is 0 Å². The summed E-state index contributed by atoms with van der Waals surface area (Å²) in [6, 6.07) is 17.9. The summed E-state index contributed by atoms with van der Waals surface area (Å²) < 4.78 is 0.541. The maximum absolute atomic E-state index is 13.3. The summed E-state index contributed by atoms with van der Waals surface area (Å²) in [4.78, 5) is 14.4. The third-order valence-electron chi connectivity index (χ3n) is 5.51. The van der Waals surface area contributed by atoms with Gasteiger partial charge >= 0.3 is 0 Å². The Kier molecular flexibility index (Phi) is 5.41. The fourth-order valence-corrected chi connectivity index (χ4v) is 5.27. The first-order valence-electron chi connectivity index (χ1n) is 9.77. The molecule has 4 rings (SSSR count). The maximum atomic E-state index is 13.3. The smallest absolute Gasteiger partial charge is 0.196 e. The number of quaternary nitrogens is 1. The summed E-state index contributed by atoms with van der Waals surface area (Å²) in [6.45, 7) is 8.93. The van der Waals surface area contributed by atoms with Crippen LogP contribution in [0.25, 0.3) is 11.1 Å². The lowest BCUT2D eigenvalue weighted by molar-refractivity contribution is -0.843. The van der Waals surface area contributed by atoms with Crippen LogP contribution in [-0.4, -0.2) is 16.8 Å². The highest BCUT2D eigenvalue weighted by molar-refractivity contribution is 7.16. The molecule has 148 valence electrons. The van der Waals surface area contributed by atoms with E-state index in [0.29, 0.717) is 27.2 Å². The highest BCUT2D eigenvalue weighted by Crippen LogP contribution is 2.39. The second-order valence-corrected chi connectivity index (χ2v) is 8.55. The number of nitrogens with two attached hydrogens (primary N) is 1. The van der Waals surface area contributed by atoms with Crippen LogP contribution in [-0.2, 0) is 13.0 Å². The molecule has 0 radical (unpaired) electrons. The number of nitrogens with zero attached hydrogens (tertiary/aromatic N) is 1. The van der Waals surface area contributed by atoms with Gasteiger partial charge < -0.3 is 5.73 Å². The monoisotopic (exact) mass is 411 g/mol. The van der Waals surface area contributed by atoms with E-state index in [1.54, 1.807) is 0 Å². The highest BCUT2D eigenvalue weighted by atomic mass is 32.1. The lowest BCUT2D eigenvalue weighted by atomic mass is 9.94. The molecule has 3 aromatic rings. The minimum Gasteiger partial charge on any atom is -0.390 e. The molecule has 2 heterocycles. The van der Waals surface area contributed by atoms with Gasteiger partial charge in [-0.15, -0.1) is 11.3 Å². The number of rotatable bonds is 5. The number of thiophene rings is 1. The SMILES string of the molecule is C=C=C[N+]1(C=C=C)CCc2c(sc(N)c2C(=O)c2ccc(-c3ccccc3)cc2)C1. The van der Waals surface area contributed by atoms with Gasteiger partial charge in [-0.2, -0.15) is 0 Å². The van der Waals surface area contributed by atoms with Crippen LogP contribution in [0.1, 0.15) is 26.4 Å². The topological polar surface area (TPSA) is 43.1 Å². The molecule has 0 spiro atoms. The second-order valence-electron chi connectivity index (χ2n) is 7.42. The van der Waals surface area contributed by atoms with Gasteiger partial charge in [0.1, 0.15) is 18.9 Å². The van der Waals surface area contributed by atoms with Gasteiger partial charge in [-0.05, 0) is 16.7 Å². The molecule has 0 saturated heterocycles. The number of hydrogen-bond donors (Lipinski definition) is 1. The molecule has 2 aromatic carbocycles. The van der Waals surface area contributed by atoms with Crippen LogP contribution in [0.2, 0.25) is 0 Å². The van der Waals surface area contributed by atoms with Crippen molar-refractivity contribution in [3.05, 3.63) is 113 Å². The third kappa shape index (κ3) is 3.61. The number of benzene rings is 2. The van der Waals surface area contributed by atoms with Gasteiger partial charge in [-0.25, -0.2) is 0 Å². The summed E-state index contributed by atoms with van der Waals surface area (Å²) in [6.07, 6.45) is 4.59. The molecule has 0 bridgehead atoms. The maximum Gasteiger partial charge on any atom is 0.196 e. The Hall–Kier alpha value is -3.39. The molecular weight excluding hydrogens is 388 g/mol. The van der Waals surface area contributed by atoms with Crippen molar-refractivity contribution in [3.8, 4) is 11.1 Å². The first kappa shape index (κ1) is 19.9. The Bertz CT molecular complexity index is 1170. The van der Waals surface area contributed by atoms with Crippen molar-refractivity contribution in [3.63, 3.8) is 0 Å². The van der Waals surface area contributed by atoms with E-state index in [4.69, 9.17) is 5.73 Å². The fourth-order valence-electron chi connectivity index (χ4n) is 4.05. The zero-order valence-electron chi connectivity index (χ0n) is 16.7. The van der Waals surface area contributed by atoms with Gasteiger partial charge in [0.05, 0.1) is 22.0 Å². The van der Waals surface area contributed by atoms with Crippen molar-refractivity contribution in [2.75, 3.05) is 12.3 Å². The van der Waals surface area contributed by atoms with Crippen molar-refractivity contribution in [1.29, 1.82) is 0 Å². The number of nitrogen functional groups attached to an aromatic ring is 1. The number of ketones is 1. The molecule has 1 aliphatic rings. The summed E-state index contributed by atoms with van der Waals surface area (Å²) in [5, 5.41) is 0.585. The average Bonchev–Trinajstić information content (AvgIpc) is 3.09. The van der Waals surface area contributed by atoms with Crippen LogP contribution in [0.3, 0.4) is 0 Å². The van der Waals surface area contributed by atoms with E-state index in [9.17, 15) is 4.79 Å². The molecule has 0 atom stereocenters. The number of carbonyl (C=O) groups excluding carboxylic acids is 1. The molecule has 2 N–H and O–H groups in total. The van der Waals surface area contributed by atoms with Crippen LogP contribution in [0.4, 0.5) is 5.00 Å². The highest BCUT2D eigenvalue weighted by Gasteiger charge is 2.35. The summed E-state index contributed by atoms with van der Waals surface area (Å²) in [5.41, 5.74) is 16.7. The average molecular weight is 412 g/mol. The lowest BCUT2D eigenvalue weighted by Gasteiger charge is -2.32. The molecule has 0 saturated carbocycles. The predicted octanol–water partition coefficient (Wildman–Crippen LogP) is 5.70. The summed E-state index contributed by atoms with van der Waals surface area (Å²) in [7, 11) is 0. The van der Waals surface area contributed by atoms with Gasteiger partial charge in [0.2, 0.25) is 0 Å². The molecule has 0 amide bonds. The molecule has 0 aliphatic carbocycles. The number of carbonyl (C=O) groups is 1. The molecule has 30 heavy (non-hydrogen) atoms. The summed E-state index contributed by atoms with van der Waals surface area (Å²) in [5.74, 6) is -0.0110. The van der Waals surface area contributed by atoms with Gasteiger partial charge in [-0.3, -0.25) is 9.28 Å². The van der Waals surface area contributed by atoms with Crippen molar-refractivity contribution in [2.45, 2.75) is 13.0 Å². The van der Waals surface area contributed by atoms with Crippen LogP contribution in [0.5, 0.6) is 0 Å². The number of anilines is 1. The standard InChI is InChI=1S/C26H22N2OS/c1-3-15-28(16-4-2)17-14-22-23(18-28)30-26(27)24(22)25(29)21-12-10-20(11-13-21)19-8-6-5-7-9-19/h5-13,15-16H,1-2,14,17-18H2,(H-,27,29)/p+1.